The van der Waals surface area contributed by atoms with Crippen LogP contribution >= 0.6 is 0 Å². The van der Waals surface area contributed by atoms with Crippen LogP contribution in [0.4, 0.5) is 5.69 Å². The van der Waals surface area contributed by atoms with Crippen molar-refractivity contribution in [3.05, 3.63) is 24.1 Å². The van der Waals surface area contributed by atoms with Gasteiger partial charge in [-0.05, 0) is 43.9 Å². The van der Waals surface area contributed by atoms with Crippen molar-refractivity contribution in [2.75, 3.05) is 4.90 Å². The fourth-order valence-corrected chi connectivity index (χ4v) is 3.66. The molecule has 2 aromatic rings. The second-order valence-corrected chi connectivity index (χ2v) is 6.20. The number of anilines is 1. The van der Waals surface area contributed by atoms with Crippen molar-refractivity contribution in [2.24, 2.45) is 21.5 Å². The minimum atomic E-state index is -0.430. The Labute approximate surface area is 134 Å². The molecule has 2 heterocycles. The molecule has 0 saturated heterocycles. The highest BCUT2D eigenvalue weighted by Crippen LogP contribution is 2.40. The van der Waals surface area contributed by atoms with E-state index in [0.717, 1.165) is 42.5 Å². The van der Waals surface area contributed by atoms with Gasteiger partial charge in [0.1, 0.15) is 11.2 Å². The second-order valence-electron chi connectivity index (χ2n) is 6.20. The summed E-state index contributed by atoms with van der Waals surface area (Å²) in [6.45, 7) is 1.84. The van der Waals surface area contributed by atoms with Gasteiger partial charge in [-0.3, -0.25) is 4.90 Å². The van der Waals surface area contributed by atoms with Gasteiger partial charge < -0.3 is 15.9 Å². The van der Waals surface area contributed by atoms with Crippen molar-refractivity contribution >= 4 is 28.7 Å². The highest BCUT2D eigenvalue weighted by atomic mass is 16.3. The molecule has 0 unspecified atom stereocenters. The second kappa shape index (κ2) is 4.97. The normalized spacial score (nSPS) is 20.7. The lowest BCUT2D eigenvalue weighted by atomic mass is 9.87. The summed E-state index contributed by atoms with van der Waals surface area (Å²) in [6, 6.07) is 5.86. The maximum absolute atomic E-state index is 6.23. The van der Waals surface area contributed by atoms with Crippen molar-refractivity contribution in [1.82, 2.24) is 4.98 Å². The minimum Gasteiger partial charge on any atom is -0.441 e. The first kappa shape index (κ1) is 14.0. The number of nitrogens with zero attached hydrogens (tertiary/aromatic N) is 4. The number of fused-ring (bicyclic) bond motifs is 1. The number of benzene rings is 1. The lowest BCUT2D eigenvalue weighted by molar-refractivity contribution is 0.305. The molecule has 0 bridgehead atoms. The van der Waals surface area contributed by atoms with Crippen molar-refractivity contribution in [3.63, 3.8) is 0 Å². The van der Waals surface area contributed by atoms with E-state index in [9.17, 15) is 0 Å². The fraction of sp³-hybridized carbons (Fsp3) is 0.438. The van der Waals surface area contributed by atoms with Crippen LogP contribution in [-0.2, 0) is 0 Å². The van der Waals surface area contributed by atoms with Crippen LogP contribution in [0.2, 0.25) is 0 Å². The number of hydrogen-bond acceptors (Lipinski definition) is 7. The SMILES string of the molecule is Cc1nc2cc(N3C(N)=NC(N)=NC34CCCCC4)ccc2o1. The number of guanidine groups is 2. The summed E-state index contributed by atoms with van der Waals surface area (Å²) in [6.07, 6.45) is 5.25. The maximum Gasteiger partial charge on any atom is 0.220 e. The van der Waals surface area contributed by atoms with Gasteiger partial charge in [0.25, 0.3) is 0 Å². The number of nitrogens with two attached hydrogens (primary N) is 2. The number of aliphatic imine (C=N–C) groups is 2. The van der Waals surface area contributed by atoms with Crippen molar-refractivity contribution in [3.8, 4) is 0 Å². The van der Waals surface area contributed by atoms with Crippen molar-refractivity contribution < 1.29 is 4.42 Å². The first-order valence-corrected chi connectivity index (χ1v) is 7.94. The zero-order valence-corrected chi connectivity index (χ0v) is 13.1. The molecule has 0 amide bonds. The van der Waals surface area contributed by atoms with E-state index in [1.165, 1.54) is 6.42 Å². The van der Waals surface area contributed by atoms with Crippen LogP contribution in [0.1, 0.15) is 38.0 Å². The first-order valence-electron chi connectivity index (χ1n) is 7.94. The highest BCUT2D eigenvalue weighted by molar-refractivity contribution is 6.06. The number of aryl methyl sites for hydroxylation is 1. The first-order chi connectivity index (χ1) is 11.1. The molecule has 4 rings (SSSR count). The lowest BCUT2D eigenvalue weighted by Crippen LogP contribution is -2.58. The Morgan fingerprint density at radius 2 is 1.96 bits per heavy atom. The lowest BCUT2D eigenvalue weighted by Gasteiger charge is -2.45. The molecule has 7 heteroatoms. The Morgan fingerprint density at radius 3 is 2.74 bits per heavy atom. The van der Waals surface area contributed by atoms with Crippen molar-refractivity contribution in [2.45, 2.75) is 44.7 Å². The standard InChI is InChI=1S/C16H20N6O/c1-10-19-12-9-11(5-6-13(12)23-10)22-15(18)20-14(17)21-16(22)7-3-2-4-8-16/h5-6,9H,2-4,7-8H2,1H3,(H4,17,18,20,21). The van der Waals surface area contributed by atoms with E-state index < -0.39 is 5.66 Å². The van der Waals surface area contributed by atoms with Crippen LogP contribution in [0.5, 0.6) is 0 Å². The van der Waals surface area contributed by atoms with Crippen LogP contribution in [-0.4, -0.2) is 22.6 Å². The van der Waals surface area contributed by atoms with Crippen LogP contribution in [0.25, 0.3) is 11.1 Å². The molecule has 0 atom stereocenters. The molecule has 1 spiro atoms. The molecule has 1 aliphatic heterocycles. The van der Waals surface area contributed by atoms with E-state index in [1.807, 2.05) is 30.0 Å². The van der Waals surface area contributed by atoms with Gasteiger partial charge >= 0.3 is 0 Å². The van der Waals surface area contributed by atoms with Gasteiger partial charge in [-0.25, -0.2) is 9.98 Å². The molecule has 4 N–H and O–H groups in total. The van der Waals surface area contributed by atoms with E-state index in [-0.39, 0.29) is 5.96 Å². The van der Waals surface area contributed by atoms with E-state index in [2.05, 4.69) is 15.0 Å². The molecular formula is C16H20N6O. The quantitative estimate of drug-likeness (QED) is 0.840. The minimum absolute atomic E-state index is 0.263. The third kappa shape index (κ3) is 2.23. The van der Waals surface area contributed by atoms with Crippen LogP contribution in [0.15, 0.2) is 32.6 Å². The van der Waals surface area contributed by atoms with Gasteiger partial charge in [0.15, 0.2) is 11.5 Å². The van der Waals surface area contributed by atoms with Crippen molar-refractivity contribution in [1.29, 1.82) is 0 Å². The average Bonchev–Trinajstić information content (AvgIpc) is 2.86. The Bertz CT molecular complexity index is 815. The summed E-state index contributed by atoms with van der Waals surface area (Å²) in [5, 5.41) is 0. The molecule has 1 aliphatic carbocycles. The van der Waals surface area contributed by atoms with Gasteiger partial charge in [0.2, 0.25) is 11.9 Å². The molecule has 2 aliphatic rings. The number of aromatic nitrogens is 1. The largest absolute Gasteiger partial charge is 0.441 e. The Hall–Kier alpha value is -2.57. The molecule has 7 nitrogen and oxygen atoms in total. The summed E-state index contributed by atoms with van der Waals surface area (Å²) in [5.74, 6) is 1.30. The number of hydrogen-bond donors (Lipinski definition) is 2. The monoisotopic (exact) mass is 312 g/mol. The third-order valence-electron chi connectivity index (χ3n) is 4.59. The van der Waals surface area contributed by atoms with E-state index in [0.29, 0.717) is 11.9 Å². The Morgan fingerprint density at radius 1 is 1.17 bits per heavy atom. The van der Waals surface area contributed by atoms with Crippen LogP contribution < -0.4 is 16.4 Å². The average molecular weight is 312 g/mol. The zero-order valence-electron chi connectivity index (χ0n) is 13.1. The summed E-state index contributed by atoms with van der Waals surface area (Å²) in [4.78, 5) is 15.3. The topological polar surface area (TPSA) is 106 Å². The van der Waals surface area contributed by atoms with Gasteiger partial charge in [-0.2, -0.15) is 4.99 Å². The summed E-state index contributed by atoms with van der Waals surface area (Å²) in [5.41, 5.74) is 14.2. The molecule has 0 radical (unpaired) electrons. The van der Waals surface area contributed by atoms with Gasteiger partial charge in [-0.15, -0.1) is 0 Å². The predicted molar refractivity (Wildman–Crippen MR) is 90.3 cm³/mol. The fourth-order valence-electron chi connectivity index (χ4n) is 3.66. The third-order valence-corrected chi connectivity index (χ3v) is 4.59. The van der Waals surface area contributed by atoms with E-state index >= 15 is 0 Å². The molecule has 1 saturated carbocycles. The predicted octanol–water partition coefficient (Wildman–Crippen LogP) is 2.25. The highest BCUT2D eigenvalue weighted by Gasteiger charge is 2.42. The van der Waals surface area contributed by atoms with Gasteiger partial charge in [0, 0.05) is 12.6 Å². The molecule has 23 heavy (non-hydrogen) atoms. The molecule has 1 fully saturated rings. The molecule has 120 valence electrons. The summed E-state index contributed by atoms with van der Waals surface area (Å²) < 4.78 is 5.55. The maximum atomic E-state index is 6.23. The van der Waals surface area contributed by atoms with Crippen LogP contribution in [0.3, 0.4) is 0 Å². The van der Waals surface area contributed by atoms with E-state index in [4.69, 9.17) is 15.9 Å². The van der Waals surface area contributed by atoms with Crippen LogP contribution in [0, 0.1) is 6.92 Å². The zero-order chi connectivity index (χ0) is 16.0. The smallest absolute Gasteiger partial charge is 0.220 e. The van der Waals surface area contributed by atoms with E-state index in [1.54, 1.807) is 0 Å². The molecule has 1 aromatic carbocycles. The summed E-state index contributed by atoms with van der Waals surface area (Å²) >= 11 is 0. The number of rotatable bonds is 1. The number of oxazole rings is 1. The summed E-state index contributed by atoms with van der Waals surface area (Å²) in [7, 11) is 0. The Balaban J connectivity index is 1.83. The molecule has 1 aromatic heterocycles. The van der Waals surface area contributed by atoms with Gasteiger partial charge in [-0.1, -0.05) is 6.42 Å². The Kier molecular flexibility index (Phi) is 3.04. The molecular weight excluding hydrogens is 292 g/mol. The van der Waals surface area contributed by atoms with Gasteiger partial charge in [0.05, 0.1) is 0 Å².